The topological polar surface area (TPSA) is 72.0 Å². The van der Waals surface area contributed by atoms with Crippen LogP contribution in [0, 0.1) is 11.7 Å². The van der Waals surface area contributed by atoms with Crippen LogP contribution < -0.4 is 5.32 Å². The number of benzene rings is 2. The SMILES string of the molecule is O=C(Cc1ncncc1F)c1cc(NC(=O)C2C(c3cc(Cl)cc(Cl)c3)C2(Cl)Cl)ccc1Cl. The summed E-state index contributed by atoms with van der Waals surface area (Å²) in [6.45, 7) is 0. The van der Waals surface area contributed by atoms with Crippen molar-refractivity contribution in [2.24, 2.45) is 5.92 Å². The maximum atomic E-state index is 13.8. The number of hydrogen-bond acceptors (Lipinski definition) is 4. The van der Waals surface area contributed by atoms with E-state index in [-0.39, 0.29) is 22.7 Å². The van der Waals surface area contributed by atoms with E-state index in [0.717, 1.165) is 12.5 Å². The van der Waals surface area contributed by atoms with Gasteiger partial charge in [-0.3, -0.25) is 9.59 Å². The van der Waals surface area contributed by atoms with E-state index >= 15 is 0 Å². The van der Waals surface area contributed by atoms with Gasteiger partial charge in [-0.1, -0.05) is 34.8 Å². The Labute approximate surface area is 213 Å². The summed E-state index contributed by atoms with van der Waals surface area (Å²) >= 11 is 31.0. The lowest BCUT2D eigenvalue weighted by Gasteiger charge is -2.09. The maximum Gasteiger partial charge on any atom is 0.231 e. The second kappa shape index (κ2) is 9.35. The number of hydrogen-bond donors (Lipinski definition) is 1. The minimum atomic E-state index is -1.35. The number of alkyl halides is 2. The van der Waals surface area contributed by atoms with Crippen molar-refractivity contribution in [3.63, 3.8) is 0 Å². The first kappa shape index (κ1) is 24.2. The number of aromatic nitrogens is 2. The van der Waals surface area contributed by atoms with E-state index in [1.165, 1.54) is 18.2 Å². The molecule has 1 amide bonds. The fraction of sp³-hybridized carbons (Fsp3) is 0.182. The van der Waals surface area contributed by atoms with Gasteiger partial charge in [-0.2, -0.15) is 0 Å². The number of ketones is 1. The molecule has 0 aliphatic heterocycles. The lowest BCUT2D eigenvalue weighted by atomic mass is 10.1. The van der Waals surface area contributed by atoms with E-state index in [1.807, 2.05) is 0 Å². The van der Waals surface area contributed by atoms with Gasteiger partial charge in [-0.25, -0.2) is 14.4 Å². The van der Waals surface area contributed by atoms with Crippen LogP contribution in [0.3, 0.4) is 0 Å². The van der Waals surface area contributed by atoms with Gasteiger partial charge in [0.25, 0.3) is 0 Å². The van der Waals surface area contributed by atoms with E-state index in [9.17, 15) is 14.0 Å². The Bertz CT molecular complexity index is 1250. The molecule has 1 aromatic heterocycles. The number of halogens is 6. The molecule has 33 heavy (non-hydrogen) atoms. The third-order valence-corrected chi connectivity index (χ3v) is 6.89. The highest BCUT2D eigenvalue weighted by atomic mass is 35.5. The zero-order valence-electron chi connectivity index (χ0n) is 16.5. The molecule has 2 atom stereocenters. The second-order valence-corrected chi connectivity index (χ2v) is 10.2. The molecule has 1 fully saturated rings. The van der Waals surface area contributed by atoms with Gasteiger partial charge in [0, 0.05) is 27.2 Å². The van der Waals surface area contributed by atoms with Crippen LogP contribution in [0.25, 0.3) is 0 Å². The van der Waals surface area contributed by atoms with Gasteiger partial charge in [0.1, 0.15) is 10.7 Å². The van der Waals surface area contributed by atoms with Crippen molar-refractivity contribution in [3.8, 4) is 0 Å². The number of anilines is 1. The Hall–Kier alpha value is -1.96. The van der Waals surface area contributed by atoms with Crippen molar-refractivity contribution in [1.29, 1.82) is 0 Å². The average Bonchev–Trinajstić information content (AvgIpc) is 3.32. The van der Waals surface area contributed by atoms with Crippen LogP contribution in [0.5, 0.6) is 0 Å². The number of rotatable bonds is 6. The summed E-state index contributed by atoms with van der Waals surface area (Å²) in [7, 11) is 0. The first-order valence-electron chi connectivity index (χ1n) is 9.49. The summed E-state index contributed by atoms with van der Waals surface area (Å²) in [5.41, 5.74) is 0.978. The van der Waals surface area contributed by atoms with E-state index in [2.05, 4.69) is 15.3 Å². The molecule has 1 N–H and O–H groups in total. The number of carbonyl (C=O) groups excluding carboxylic acids is 2. The molecule has 4 rings (SSSR count). The molecule has 0 spiro atoms. The molecule has 3 aromatic rings. The number of nitrogens with one attached hydrogen (secondary N) is 1. The Kier molecular flexibility index (Phi) is 6.85. The Morgan fingerprint density at radius 1 is 1.06 bits per heavy atom. The minimum Gasteiger partial charge on any atom is -0.326 e. The van der Waals surface area contributed by atoms with Crippen molar-refractivity contribution < 1.29 is 14.0 Å². The molecular formula is C22H13Cl5FN3O2. The summed E-state index contributed by atoms with van der Waals surface area (Å²) in [5.74, 6) is -2.93. The van der Waals surface area contributed by atoms with Crippen LogP contribution >= 0.6 is 58.0 Å². The predicted octanol–water partition coefficient (Wildman–Crippen LogP) is 6.53. The van der Waals surface area contributed by atoms with Gasteiger partial charge in [0.05, 0.1) is 29.3 Å². The standard InChI is InChI=1S/C22H13Cl5FN3O2/c23-11-3-10(4-12(24)5-11)19-20(22(19,26)27)21(33)31-13-1-2-15(25)14(6-13)18(32)7-17-16(28)8-29-9-30-17/h1-6,8-9,19-20H,7H2,(H,31,33). The van der Waals surface area contributed by atoms with Crippen LogP contribution in [0.15, 0.2) is 48.9 Å². The molecule has 0 radical (unpaired) electrons. The molecule has 5 nitrogen and oxygen atoms in total. The smallest absolute Gasteiger partial charge is 0.231 e. The zero-order valence-corrected chi connectivity index (χ0v) is 20.2. The lowest BCUT2D eigenvalue weighted by molar-refractivity contribution is -0.117. The van der Waals surface area contributed by atoms with Crippen molar-refractivity contribution in [1.82, 2.24) is 9.97 Å². The van der Waals surface area contributed by atoms with Crippen LogP contribution in [0.4, 0.5) is 10.1 Å². The van der Waals surface area contributed by atoms with Gasteiger partial charge in [-0.15, -0.1) is 23.2 Å². The summed E-state index contributed by atoms with van der Waals surface area (Å²) in [5, 5.41) is 3.64. The third kappa shape index (κ3) is 5.10. The quantitative estimate of drug-likeness (QED) is 0.282. The molecule has 0 bridgehead atoms. The van der Waals surface area contributed by atoms with Crippen LogP contribution in [-0.2, 0) is 11.2 Å². The Morgan fingerprint density at radius 2 is 1.76 bits per heavy atom. The third-order valence-electron chi connectivity index (χ3n) is 5.19. The van der Waals surface area contributed by atoms with Crippen LogP contribution in [0.2, 0.25) is 15.1 Å². The molecule has 0 saturated heterocycles. The van der Waals surface area contributed by atoms with Gasteiger partial charge in [0.15, 0.2) is 11.6 Å². The number of Topliss-reactive ketones (excluding diaryl/α,β-unsaturated/α-hetero) is 1. The van der Waals surface area contributed by atoms with E-state index in [1.54, 1.807) is 18.2 Å². The van der Waals surface area contributed by atoms with E-state index in [0.29, 0.717) is 21.3 Å². The lowest BCUT2D eigenvalue weighted by Crippen LogP contribution is -2.17. The monoisotopic (exact) mass is 545 g/mol. The predicted molar refractivity (Wildman–Crippen MR) is 127 cm³/mol. The summed E-state index contributed by atoms with van der Waals surface area (Å²) in [6.07, 6.45) is 1.80. The molecule has 1 aliphatic carbocycles. The minimum absolute atomic E-state index is 0.0597. The molecule has 2 unspecified atom stereocenters. The first-order valence-corrected chi connectivity index (χ1v) is 11.4. The fourth-order valence-electron chi connectivity index (χ4n) is 3.57. The van der Waals surface area contributed by atoms with Crippen molar-refractivity contribution in [2.75, 3.05) is 5.32 Å². The van der Waals surface area contributed by atoms with E-state index < -0.39 is 33.7 Å². The second-order valence-electron chi connectivity index (χ2n) is 7.43. The summed E-state index contributed by atoms with van der Waals surface area (Å²) in [6, 6.07) is 9.25. The van der Waals surface area contributed by atoms with Gasteiger partial charge in [0.2, 0.25) is 5.91 Å². The normalized spacial score (nSPS) is 18.6. The van der Waals surface area contributed by atoms with Crippen LogP contribution in [-0.4, -0.2) is 26.0 Å². The maximum absolute atomic E-state index is 13.8. The average molecular weight is 548 g/mol. The largest absolute Gasteiger partial charge is 0.326 e. The molecule has 1 aliphatic rings. The zero-order chi connectivity index (χ0) is 23.9. The number of carbonyl (C=O) groups is 2. The van der Waals surface area contributed by atoms with Crippen molar-refractivity contribution >= 4 is 75.4 Å². The summed E-state index contributed by atoms with van der Waals surface area (Å²) < 4.78 is 12.5. The molecule has 11 heteroatoms. The van der Waals surface area contributed by atoms with Gasteiger partial charge >= 0.3 is 0 Å². The molecule has 1 heterocycles. The molecule has 1 saturated carbocycles. The van der Waals surface area contributed by atoms with Gasteiger partial charge < -0.3 is 5.32 Å². The van der Waals surface area contributed by atoms with Crippen LogP contribution in [0.1, 0.15) is 27.5 Å². The van der Waals surface area contributed by atoms with Crippen molar-refractivity contribution in [3.05, 3.63) is 86.6 Å². The number of amides is 1. The molecular weight excluding hydrogens is 535 g/mol. The van der Waals surface area contributed by atoms with E-state index in [4.69, 9.17) is 58.0 Å². The highest BCUT2D eigenvalue weighted by Crippen LogP contribution is 2.65. The van der Waals surface area contributed by atoms with Crippen molar-refractivity contribution in [2.45, 2.75) is 16.7 Å². The highest BCUT2D eigenvalue weighted by molar-refractivity contribution is 6.53. The molecule has 170 valence electrons. The van der Waals surface area contributed by atoms with Gasteiger partial charge in [-0.05, 0) is 42.0 Å². The summed E-state index contributed by atoms with van der Waals surface area (Å²) in [4.78, 5) is 32.9. The Balaban J connectivity index is 1.52. The Morgan fingerprint density at radius 3 is 2.42 bits per heavy atom. The highest BCUT2D eigenvalue weighted by Gasteiger charge is 2.67. The molecule has 2 aromatic carbocycles. The number of nitrogens with zero attached hydrogens (tertiary/aromatic N) is 2. The first-order chi connectivity index (χ1) is 15.6. The fourth-order valence-corrected chi connectivity index (χ4v) is 5.17.